The van der Waals surface area contributed by atoms with E-state index in [0.717, 1.165) is 16.9 Å². The fourth-order valence-electron chi connectivity index (χ4n) is 2.39. The zero-order valence-electron chi connectivity index (χ0n) is 13.8. The molecule has 0 aromatic heterocycles. The Bertz CT molecular complexity index is 697. The molecule has 2 rings (SSSR count). The molecule has 7 heteroatoms. The van der Waals surface area contributed by atoms with Crippen LogP contribution in [-0.4, -0.2) is 40.9 Å². The Kier molecular flexibility index (Phi) is 5.70. The lowest BCUT2D eigenvalue weighted by Crippen LogP contribution is -2.34. The average molecular weight is 331 g/mol. The van der Waals surface area contributed by atoms with Gasteiger partial charge < -0.3 is 15.7 Å². The maximum absolute atomic E-state index is 12.1. The lowest BCUT2D eigenvalue weighted by atomic mass is 10.1. The molecule has 0 unspecified atom stereocenters. The van der Waals surface area contributed by atoms with Gasteiger partial charge in [0.15, 0.2) is 0 Å². The van der Waals surface area contributed by atoms with Crippen LogP contribution in [0.15, 0.2) is 30.0 Å². The van der Waals surface area contributed by atoms with Crippen molar-refractivity contribution >= 4 is 29.1 Å². The second kappa shape index (κ2) is 7.74. The predicted octanol–water partition coefficient (Wildman–Crippen LogP) is 1.39. The van der Waals surface area contributed by atoms with Gasteiger partial charge >= 0.3 is 0 Å². The van der Waals surface area contributed by atoms with E-state index >= 15 is 0 Å². The minimum absolute atomic E-state index is 0.0270. The monoisotopic (exact) mass is 331 g/mol. The first-order valence-corrected chi connectivity index (χ1v) is 7.82. The van der Waals surface area contributed by atoms with E-state index in [0.29, 0.717) is 17.8 Å². The van der Waals surface area contributed by atoms with Crippen LogP contribution in [0.5, 0.6) is 0 Å². The first kappa shape index (κ1) is 17.7. The number of amides is 3. The zero-order chi connectivity index (χ0) is 17.7. The van der Waals surface area contributed by atoms with E-state index < -0.39 is 11.8 Å². The predicted molar refractivity (Wildman–Crippen MR) is 90.2 cm³/mol. The molecule has 0 atom stereocenters. The molecule has 128 valence electrons. The molecule has 0 bridgehead atoms. The fraction of sp³-hybridized carbons (Fsp3) is 0.353. The largest absolute Gasteiger partial charge is 0.395 e. The van der Waals surface area contributed by atoms with Crippen LogP contribution in [0.4, 0.5) is 11.4 Å². The van der Waals surface area contributed by atoms with Gasteiger partial charge in [-0.05, 0) is 37.1 Å². The molecule has 1 aliphatic heterocycles. The molecule has 0 saturated heterocycles. The third-order valence-corrected chi connectivity index (χ3v) is 3.59. The number of rotatable bonds is 7. The molecule has 3 N–H and O–H groups in total. The molecule has 7 nitrogen and oxygen atoms in total. The van der Waals surface area contributed by atoms with Crippen LogP contribution in [0.25, 0.3) is 0 Å². The highest BCUT2D eigenvalue weighted by atomic mass is 16.3. The average Bonchev–Trinajstić information content (AvgIpc) is 2.78. The quantitative estimate of drug-likeness (QED) is 0.656. The van der Waals surface area contributed by atoms with Gasteiger partial charge in [0.25, 0.3) is 11.8 Å². The SMILES string of the molecule is CCCC(=O)Nc1ccc(NC2=CC(=O)N(CCO)C2=O)cc1C. The van der Waals surface area contributed by atoms with Crippen LogP contribution in [0.2, 0.25) is 0 Å². The topological polar surface area (TPSA) is 98.7 Å². The summed E-state index contributed by atoms with van der Waals surface area (Å²) in [5.74, 6) is -0.955. The number of aliphatic hydroxyl groups excluding tert-OH is 1. The standard InChI is InChI=1S/C17H21N3O4/c1-3-4-15(22)19-13-6-5-12(9-11(13)2)18-14-10-16(23)20(7-8-21)17(14)24/h5-6,9-10,18,21H,3-4,7-8H2,1-2H3,(H,19,22). The van der Waals surface area contributed by atoms with Gasteiger partial charge in [0, 0.05) is 23.9 Å². The molecule has 24 heavy (non-hydrogen) atoms. The van der Waals surface area contributed by atoms with Crippen molar-refractivity contribution in [2.75, 3.05) is 23.8 Å². The highest BCUT2D eigenvalue weighted by molar-refractivity contribution is 6.17. The fourth-order valence-corrected chi connectivity index (χ4v) is 2.39. The van der Waals surface area contributed by atoms with Gasteiger partial charge in [0.05, 0.1) is 13.2 Å². The maximum Gasteiger partial charge on any atom is 0.277 e. The second-order valence-corrected chi connectivity index (χ2v) is 5.53. The van der Waals surface area contributed by atoms with E-state index in [1.54, 1.807) is 18.2 Å². The Labute approximate surface area is 140 Å². The number of hydrogen-bond acceptors (Lipinski definition) is 5. The molecule has 0 aliphatic carbocycles. The molecular formula is C17H21N3O4. The van der Waals surface area contributed by atoms with Gasteiger partial charge in [-0.3, -0.25) is 19.3 Å². The van der Waals surface area contributed by atoms with Gasteiger partial charge in [0.1, 0.15) is 5.70 Å². The summed E-state index contributed by atoms with van der Waals surface area (Å²) in [5, 5.41) is 14.6. The summed E-state index contributed by atoms with van der Waals surface area (Å²) in [6.45, 7) is 3.48. The van der Waals surface area contributed by atoms with Crippen molar-refractivity contribution in [2.24, 2.45) is 0 Å². The minimum Gasteiger partial charge on any atom is -0.395 e. The van der Waals surface area contributed by atoms with Crippen molar-refractivity contribution in [1.82, 2.24) is 4.90 Å². The zero-order valence-corrected chi connectivity index (χ0v) is 13.8. The molecule has 1 aliphatic rings. The summed E-state index contributed by atoms with van der Waals surface area (Å²) in [5.41, 5.74) is 2.35. The van der Waals surface area contributed by atoms with Gasteiger partial charge in [-0.25, -0.2) is 0 Å². The number of carbonyl (C=O) groups excluding carboxylic acids is 3. The summed E-state index contributed by atoms with van der Waals surface area (Å²) >= 11 is 0. The first-order valence-electron chi connectivity index (χ1n) is 7.82. The first-order chi connectivity index (χ1) is 11.5. The molecule has 3 amide bonds. The smallest absolute Gasteiger partial charge is 0.277 e. The van der Waals surface area contributed by atoms with Gasteiger partial charge in [-0.1, -0.05) is 6.92 Å². The van der Waals surface area contributed by atoms with Gasteiger partial charge in [-0.2, -0.15) is 0 Å². The molecule has 0 saturated carbocycles. The Morgan fingerprint density at radius 2 is 2.04 bits per heavy atom. The number of nitrogens with one attached hydrogen (secondary N) is 2. The van der Waals surface area contributed by atoms with Crippen molar-refractivity contribution in [3.8, 4) is 0 Å². The number of aliphatic hydroxyl groups is 1. The van der Waals surface area contributed by atoms with Crippen LogP contribution in [0.3, 0.4) is 0 Å². The number of hydrogen-bond donors (Lipinski definition) is 3. The van der Waals surface area contributed by atoms with Crippen molar-refractivity contribution < 1.29 is 19.5 Å². The van der Waals surface area contributed by atoms with Crippen molar-refractivity contribution in [1.29, 1.82) is 0 Å². The second-order valence-electron chi connectivity index (χ2n) is 5.53. The lowest BCUT2D eigenvalue weighted by molar-refractivity contribution is -0.137. The number of aryl methyl sites for hydroxylation is 1. The van der Waals surface area contributed by atoms with Crippen LogP contribution in [-0.2, 0) is 14.4 Å². The molecular weight excluding hydrogens is 310 g/mol. The minimum atomic E-state index is -0.466. The maximum atomic E-state index is 12.1. The lowest BCUT2D eigenvalue weighted by Gasteiger charge is -2.14. The number of anilines is 2. The van der Waals surface area contributed by atoms with Crippen molar-refractivity contribution in [3.05, 3.63) is 35.5 Å². The Morgan fingerprint density at radius 3 is 2.67 bits per heavy atom. The normalized spacial score (nSPS) is 14.0. The highest BCUT2D eigenvalue weighted by Crippen LogP contribution is 2.23. The summed E-state index contributed by atoms with van der Waals surface area (Å²) in [6, 6.07) is 5.26. The molecule has 1 heterocycles. The molecule has 1 aromatic carbocycles. The molecule has 1 aromatic rings. The summed E-state index contributed by atoms with van der Waals surface area (Å²) in [4.78, 5) is 36.4. The van der Waals surface area contributed by atoms with Crippen LogP contribution in [0, 0.1) is 6.92 Å². The van der Waals surface area contributed by atoms with E-state index in [2.05, 4.69) is 10.6 Å². The highest BCUT2D eigenvalue weighted by Gasteiger charge is 2.30. The Hall–Kier alpha value is -2.67. The molecule has 0 fully saturated rings. The van der Waals surface area contributed by atoms with E-state index in [1.807, 2.05) is 13.8 Å². The van der Waals surface area contributed by atoms with Crippen molar-refractivity contribution in [3.63, 3.8) is 0 Å². The van der Waals surface area contributed by atoms with E-state index in [9.17, 15) is 14.4 Å². The molecule has 0 radical (unpaired) electrons. The third kappa shape index (κ3) is 3.99. The van der Waals surface area contributed by atoms with E-state index in [4.69, 9.17) is 5.11 Å². The summed E-state index contributed by atoms with van der Waals surface area (Å²) < 4.78 is 0. The van der Waals surface area contributed by atoms with Crippen LogP contribution >= 0.6 is 0 Å². The number of imide groups is 1. The number of nitrogens with zero attached hydrogens (tertiary/aromatic N) is 1. The van der Waals surface area contributed by atoms with E-state index in [-0.39, 0.29) is 24.8 Å². The molecule has 0 spiro atoms. The summed E-state index contributed by atoms with van der Waals surface area (Å²) in [6.07, 6.45) is 2.45. The van der Waals surface area contributed by atoms with Crippen LogP contribution < -0.4 is 10.6 Å². The Balaban J connectivity index is 2.08. The summed E-state index contributed by atoms with van der Waals surface area (Å²) in [7, 11) is 0. The van der Waals surface area contributed by atoms with Crippen molar-refractivity contribution in [2.45, 2.75) is 26.7 Å². The van der Waals surface area contributed by atoms with Gasteiger partial charge in [-0.15, -0.1) is 0 Å². The third-order valence-electron chi connectivity index (χ3n) is 3.59. The van der Waals surface area contributed by atoms with Crippen LogP contribution in [0.1, 0.15) is 25.3 Å². The number of benzene rings is 1. The van der Waals surface area contributed by atoms with E-state index in [1.165, 1.54) is 6.08 Å². The Morgan fingerprint density at radius 1 is 1.29 bits per heavy atom. The number of carbonyl (C=O) groups is 3. The number of β-amino-alcohol motifs (C(OH)–C–C–N with tert-alkyl or cyclic N) is 1. The van der Waals surface area contributed by atoms with Gasteiger partial charge in [0.2, 0.25) is 5.91 Å².